The molecule has 0 aliphatic carbocycles. The Morgan fingerprint density at radius 2 is 1.93 bits per heavy atom. The first-order valence-corrected chi connectivity index (χ1v) is 10.8. The lowest BCUT2D eigenvalue weighted by Crippen LogP contribution is -2.42. The minimum atomic E-state index is -3.23. The molecule has 1 saturated heterocycles. The summed E-state index contributed by atoms with van der Waals surface area (Å²) in [6, 6.07) is 13.0. The van der Waals surface area contributed by atoms with Gasteiger partial charge in [-0.2, -0.15) is 4.31 Å². The van der Waals surface area contributed by atoms with Crippen molar-refractivity contribution < 1.29 is 17.6 Å². The fraction of sp³-hybridized carbons (Fsp3) is 0.350. The standard InChI is InChI=1S/C20H24FN3O3S/c1-3-28(26,27)24-12-11-19(14-24)23(2)20(25)22-18-9-7-15(8-10-18)16-5-4-6-17(21)13-16/h4-10,13,19H,3,11-12,14H2,1-2H3,(H,22,25)/t19-/m0/s1. The van der Waals surface area contributed by atoms with Crippen LogP contribution in [0.1, 0.15) is 13.3 Å². The number of anilines is 1. The summed E-state index contributed by atoms with van der Waals surface area (Å²) in [5, 5.41) is 2.82. The Kier molecular flexibility index (Phi) is 6.00. The number of urea groups is 1. The molecule has 0 saturated carbocycles. The predicted octanol–water partition coefficient (Wildman–Crippen LogP) is 3.38. The number of amides is 2. The van der Waals surface area contributed by atoms with Gasteiger partial charge < -0.3 is 10.2 Å². The third kappa shape index (κ3) is 4.51. The summed E-state index contributed by atoms with van der Waals surface area (Å²) >= 11 is 0. The molecule has 0 bridgehead atoms. The van der Waals surface area contributed by atoms with E-state index in [1.54, 1.807) is 37.1 Å². The Morgan fingerprint density at radius 1 is 1.21 bits per heavy atom. The number of nitrogens with one attached hydrogen (secondary N) is 1. The van der Waals surface area contributed by atoms with Gasteiger partial charge in [-0.1, -0.05) is 24.3 Å². The van der Waals surface area contributed by atoms with Gasteiger partial charge in [-0.05, 0) is 48.7 Å². The van der Waals surface area contributed by atoms with E-state index in [9.17, 15) is 17.6 Å². The highest BCUT2D eigenvalue weighted by atomic mass is 32.2. The van der Waals surface area contributed by atoms with E-state index in [-0.39, 0.29) is 23.6 Å². The quantitative estimate of drug-likeness (QED) is 0.829. The molecular formula is C20H24FN3O3S. The molecule has 2 amide bonds. The zero-order valence-corrected chi connectivity index (χ0v) is 16.7. The molecule has 8 heteroatoms. The maximum Gasteiger partial charge on any atom is 0.321 e. The first-order chi connectivity index (χ1) is 13.3. The van der Waals surface area contributed by atoms with Gasteiger partial charge in [0.25, 0.3) is 0 Å². The Hall–Kier alpha value is -2.45. The maximum absolute atomic E-state index is 13.4. The van der Waals surface area contributed by atoms with E-state index in [0.29, 0.717) is 25.2 Å². The number of halogens is 1. The molecule has 1 heterocycles. The molecule has 3 rings (SSSR count). The Balaban J connectivity index is 1.62. The summed E-state index contributed by atoms with van der Waals surface area (Å²) in [6.45, 7) is 2.37. The van der Waals surface area contributed by atoms with Gasteiger partial charge in [-0.25, -0.2) is 17.6 Å². The Labute approximate surface area is 165 Å². The average Bonchev–Trinajstić information content (AvgIpc) is 3.19. The molecule has 0 unspecified atom stereocenters. The van der Waals surface area contributed by atoms with Gasteiger partial charge in [0.15, 0.2) is 0 Å². The predicted molar refractivity (Wildman–Crippen MR) is 108 cm³/mol. The van der Waals surface area contributed by atoms with Crippen LogP contribution in [0.2, 0.25) is 0 Å². The zero-order valence-electron chi connectivity index (χ0n) is 15.9. The van der Waals surface area contributed by atoms with E-state index >= 15 is 0 Å². The van der Waals surface area contributed by atoms with Crippen molar-refractivity contribution in [1.29, 1.82) is 0 Å². The monoisotopic (exact) mass is 405 g/mol. The highest BCUT2D eigenvalue weighted by Gasteiger charge is 2.33. The summed E-state index contributed by atoms with van der Waals surface area (Å²) in [6.07, 6.45) is 0.613. The highest BCUT2D eigenvalue weighted by Crippen LogP contribution is 2.23. The summed E-state index contributed by atoms with van der Waals surface area (Å²) in [5.74, 6) is -0.236. The Bertz CT molecular complexity index is 947. The molecule has 0 spiro atoms. The lowest BCUT2D eigenvalue weighted by atomic mass is 10.1. The van der Waals surface area contributed by atoms with Crippen LogP contribution < -0.4 is 5.32 Å². The first kappa shape index (κ1) is 20.3. The summed E-state index contributed by atoms with van der Waals surface area (Å²) in [4.78, 5) is 14.1. The first-order valence-electron chi connectivity index (χ1n) is 9.18. The van der Waals surface area contributed by atoms with Crippen molar-refractivity contribution >= 4 is 21.7 Å². The van der Waals surface area contributed by atoms with E-state index < -0.39 is 10.0 Å². The molecule has 150 valence electrons. The van der Waals surface area contributed by atoms with Crippen molar-refractivity contribution in [3.05, 3.63) is 54.3 Å². The molecule has 6 nitrogen and oxygen atoms in total. The zero-order chi connectivity index (χ0) is 20.3. The van der Waals surface area contributed by atoms with Crippen LogP contribution in [0.5, 0.6) is 0 Å². The molecule has 2 aromatic rings. The fourth-order valence-corrected chi connectivity index (χ4v) is 4.40. The molecule has 0 radical (unpaired) electrons. The molecule has 1 aliphatic rings. The third-order valence-corrected chi connectivity index (χ3v) is 6.89. The van der Waals surface area contributed by atoms with Crippen molar-refractivity contribution in [3.63, 3.8) is 0 Å². The van der Waals surface area contributed by atoms with Crippen molar-refractivity contribution in [2.24, 2.45) is 0 Å². The number of rotatable bonds is 5. The summed E-state index contributed by atoms with van der Waals surface area (Å²) < 4.78 is 38.8. The van der Waals surface area contributed by atoms with E-state index in [1.165, 1.54) is 16.4 Å². The van der Waals surface area contributed by atoms with E-state index in [0.717, 1.165) is 11.1 Å². The average molecular weight is 405 g/mol. The highest BCUT2D eigenvalue weighted by molar-refractivity contribution is 7.89. The second-order valence-electron chi connectivity index (χ2n) is 6.83. The lowest BCUT2D eigenvalue weighted by molar-refractivity contribution is 0.206. The van der Waals surface area contributed by atoms with Crippen molar-refractivity contribution in [2.75, 3.05) is 31.2 Å². The smallest absolute Gasteiger partial charge is 0.321 e. The second-order valence-corrected chi connectivity index (χ2v) is 9.09. The van der Waals surface area contributed by atoms with E-state index in [4.69, 9.17) is 0 Å². The largest absolute Gasteiger partial charge is 0.323 e. The van der Waals surface area contributed by atoms with Crippen LogP contribution in [0.15, 0.2) is 48.5 Å². The van der Waals surface area contributed by atoms with Gasteiger partial charge in [0.1, 0.15) is 5.82 Å². The number of sulfonamides is 1. The van der Waals surface area contributed by atoms with E-state index in [2.05, 4.69) is 5.32 Å². The Morgan fingerprint density at radius 3 is 2.57 bits per heavy atom. The minimum absolute atomic E-state index is 0.0628. The number of carbonyl (C=O) groups excluding carboxylic acids is 1. The van der Waals surface area contributed by atoms with Gasteiger partial charge in [0.05, 0.1) is 5.75 Å². The van der Waals surface area contributed by atoms with Crippen molar-refractivity contribution in [1.82, 2.24) is 9.21 Å². The van der Waals surface area contributed by atoms with Crippen molar-refractivity contribution in [2.45, 2.75) is 19.4 Å². The number of hydrogen-bond acceptors (Lipinski definition) is 3. The van der Waals surface area contributed by atoms with Gasteiger partial charge in [-0.3, -0.25) is 0 Å². The molecule has 1 N–H and O–H groups in total. The number of carbonyl (C=O) groups is 1. The molecule has 1 aliphatic heterocycles. The van der Waals surface area contributed by atoms with Crippen LogP contribution in [0, 0.1) is 5.82 Å². The normalized spacial score (nSPS) is 17.5. The molecular weight excluding hydrogens is 381 g/mol. The molecule has 0 aromatic heterocycles. The molecule has 28 heavy (non-hydrogen) atoms. The number of likely N-dealkylation sites (N-methyl/N-ethyl adjacent to an activating group) is 1. The second kappa shape index (κ2) is 8.28. The number of nitrogens with zero attached hydrogens (tertiary/aromatic N) is 2. The number of benzene rings is 2. The van der Waals surface area contributed by atoms with Crippen LogP contribution in [0.25, 0.3) is 11.1 Å². The molecule has 2 aromatic carbocycles. The van der Waals surface area contributed by atoms with Crippen LogP contribution >= 0.6 is 0 Å². The van der Waals surface area contributed by atoms with Gasteiger partial charge >= 0.3 is 6.03 Å². The van der Waals surface area contributed by atoms with E-state index in [1.807, 2.05) is 18.2 Å². The fourth-order valence-electron chi connectivity index (χ4n) is 3.25. The van der Waals surface area contributed by atoms with Gasteiger partial charge in [0, 0.05) is 31.9 Å². The van der Waals surface area contributed by atoms with Crippen LogP contribution in [-0.2, 0) is 10.0 Å². The summed E-state index contributed by atoms with van der Waals surface area (Å²) in [5.41, 5.74) is 2.23. The van der Waals surface area contributed by atoms with Crippen LogP contribution in [0.3, 0.4) is 0 Å². The molecule has 1 atom stereocenters. The minimum Gasteiger partial charge on any atom is -0.323 e. The van der Waals surface area contributed by atoms with Crippen LogP contribution in [-0.4, -0.2) is 55.6 Å². The number of hydrogen-bond donors (Lipinski definition) is 1. The lowest BCUT2D eigenvalue weighted by Gasteiger charge is -2.25. The van der Waals surface area contributed by atoms with Gasteiger partial charge in [-0.15, -0.1) is 0 Å². The van der Waals surface area contributed by atoms with Crippen molar-refractivity contribution in [3.8, 4) is 11.1 Å². The third-order valence-electron chi connectivity index (χ3n) is 5.05. The topological polar surface area (TPSA) is 69.7 Å². The maximum atomic E-state index is 13.4. The SMILES string of the molecule is CCS(=O)(=O)N1CC[C@H](N(C)C(=O)Nc2ccc(-c3cccc(F)c3)cc2)C1. The summed E-state index contributed by atoms with van der Waals surface area (Å²) in [7, 11) is -1.57. The van der Waals surface area contributed by atoms with Gasteiger partial charge in [0.2, 0.25) is 10.0 Å². The molecule has 1 fully saturated rings. The van der Waals surface area contributed by atoms with Crippen LogP contribution in [0.4, 0.5) is 14.9 Å².